The van der Waals surface area contributed by atoms with E-state index in [-0.39, 0.29) is 17.7 Å². The molecule has 1 amide bonds. The Morgan fingerprint density at radius 3 is 2.27 bits per heavy atom. The zero-order chi connectivity index (χ0) is 12.0. The second-order valence-corrected chi connectivity index (χ2v) is 4.46. The molecule has 2 nitrogen and oxygen atoms in total. The SMILES string of the molecule is CCN(C(=O)CS)C(C)/C=C(\C)C(C)C. The molecule has 0 aliphatic carbocycles. The third-order valence-corrected chi connectivity index (χ3v) is 2.97. The normalized spacial score (nSPS) is 14.2. The lowest BCUT2D eigenvalue weighted by Gasteiger charge is -2.26. The molecule has 0 bridgehead atoms. The van der Waals surface area contributed by atoms with Crippen molar-refractivity contribution < 1.29 is 4.79 Å². The molecule has 1 unspecified atom stereocenters. The number of nitrogens with zero attached hydrogens (tertiary/aromatic N) is 1. The zero-order valence-corrected chi connectivity index (χ0v) is 11.3. The van der Waals surface area contributed by atoms with Crippen LogP contribution in [-0.2, 0) is 4.79 Å². The lowest BCUT2D eigenvalue weighted by Crippen LogP contribution is -2.38. The van der Waals surface area contributed by atoms with Gasteiger partial charge >= 0.3 is 0 Å². The number of amides is 1. The number of rotatable bonds is 5. The lowest BCUT2D eigenvalue weighted by molar-refractivity contribution is -0.129. The van der Waals surface area contributed by atoms with Gasteiger partial charge in [0.05, 0.1) is 5.75 Å². The molecule has 15 heavy (non-hydrogen) atoms. The Bertz CT molecular complexity index is 236. The average Bonchev–Trinajstić information content (AvgIpc) is 2.18. The van der Waals surface area contributed by atoms with Gasteiger partial charge in [-0.05, 0) is 26.7 Å². The maximum Gasteiger partial charge on any atom is 0.232 e. The van der Waals surface area contributed by atoms with Gasteiger partial charge < -0.3 is 4.90 Å². The molecule has 0 aromatic carbocycles. The Kier molecular flexibility index (Phi) is 6.73. The minimum atomic E-state index is 0.0983. The van der Waals surface area contributed by atoms with E-state index >= 15 is 0 Å². The highest BCUT2D eigenvalue weighted by Gasteiger charge is 2.15. The van der Waals surface area contributed by atoms with E-state index in [2.05, 4.69) is 46.4 Å². The maximum absolute atomic E-state index is 11.6. The molecule has 0 spiro atoms. The van der Waals surface area contributed by atoms with Crippen molar-refractivity contribution in [3.8, 4) is 0 Å². The summed E-state index contributed by atoms with van der Waals surface area (Å²) in [5.41, 5.74) is 1.33. The Morgan fingerprint density at radius 1 is 1.40 bits per heavy atom. The van der Waals surface area contributed by atoms with Crippen LogP contribution in [0.2, 0.25) is 0 Å². The minimum absolute atomic E-state index is 0.0983. The summed E-state index contributed by atoms with van der Waals surface area (Å²) in [6.45, 7) is 11.2. The molecule has 0 saturated heterocycles. The van der Waals surface area contributed by atoms with Crippen LogP contribution in [0.3, 0.4) is 0 Å². The van der Waals surface area contributed by atoms with Crippen molar-refractivity contribution in [1.29, 1.82) is 0 Å². The summed E-state index contributed by atoms with van der Waals surface area (Å²) in [5, 5.41) is 0. The fraction of sp³-hybridized carbons (Fsp3) is 0.750. The first-order valence-corrected chi connectivity index (χ1v) is 6.15. The molecular formula is C12H23NOS. The van der Waals surface area contributed by atoms with Gasteiger partial charge in [0.2, 0.25) is 5.91 Å². The van der Waals surface area contributed by atoms with Gasteiger partial charge in [-0.25, -0.2) is 0 Å². The van der Waals surface area contributed by atoms with Gasteiger partial charge in [0.1, 0.15) is 0 Å². The van der Waals surface area contributed by atoms with Crippen LogP contribution in [0.1, 0.15) is 34.6 Å². The molecular weight excluding hydrogens is 206 g/mol. The summed E-state index contributed by atoms with van der Waals surface area (Å²) in [6, 6.07) is 0.164. The van der Waals surface area contributed by atoms with Crippen molar-refractivity contribution in [2.24, 2.45) is 5.92 Å². The molecule has 0 aromatic rings. The Labute approximate surface area is 99.1 Å². The van der Waals surface area contributed by atoms with E-state index in [1.807, 2.05) is 11.8 Å². The first-order valence-electron chi connectivity index (χ1n) is 5.52. The van der Waals surface area contributed by atoms with E-state index in [0.717, 1.165) is 6.54 Å². The standard InChI is InChI=1S/C12H23NOS/c1-6-13(12(14)8-15)11(5)7-10(4)9(2)3/h7,9,11,15H,6,8H2,1-5H3/b10-7+. The highest BCUT2D eigenvalue weighted by atomic mass is 32.1. The highest BCUT2D eigenvalue weighted by Crippen LogP contribution is 2.12. The van der Waals surface area contributed by atoms with E-state index in [0.29, 0.717) is 5.92 Å². The van der Waals surface area contributed by atoms with Gasteiger partial charge in [0.25, 0.3) is 0 Å². The molecule has 3 heteroatoms. The molecule has 0 aromatic heterocycles. The van der Waals surface area contributed by atoms with Gasteiger partial charge in [-0.15, -0.1) is 0 Å². The summed E-state index contributed by atoms with van der Waals surface area (Å²) < 4.78 is 0. The van der Waals surface area contributed by atoms with Crippen LogP contribution in [0.25, 0.3) is 0 Å². The van der Waals surface area contributed by atoms with E-state index in [9.17, 15) is 4.79 Å². The molecule has 0 heterocycles. The number of hydrogen-bond donors (Lipinski definition) is 1. The van der Waals surface area contributed by atoms with Crippen molar-refractivity contribution >= 4 is 18.5 Å². The Balaban J connectivity index is 4.59. The van der Waals surface area contributed by atoms with Crippen molar-refractivity contribution in [3.63, 3.8) is 0 Å². The fourth-order valence-corrected chi connectivity index (χ4v) is 1.63. The van der Waals surface area contributed by atoms with E-state index in [1.54, 1.807) is 0 Å². The molecule has 0 aliphatic heterocycles. The number of hydrogen-bond acceptors (Lipinski definition) is 2. The quantitative estimate of drug-likeness (QED) is 0.568. The third-order valence-electron chi connectivity index (χ3n) is 2.70. The van der Waals surface area contributed by atoms with Crippen LogP contribution in [0.5, 0.6) is 0 Å². The van der Waals surface area contributed by atoms with E-state index in [1.165, 1.54) is 5.57 Å². The molecule has 0 saturated carbocycles. The summed E-state index contributed by atoms with van der Waals surface area (Å²) in [6.07, 6.45) is 2.16. The number of likely N-dealkylation sites (N-methyl/N-ethyl adjacent to an activating group) is 1. The molecule has 0 aliphatic rings. The fourth-order valence-electron chi connectivity index (χ4n) is 1.45. The van der Waals surface area contributed by atoms with Crippen LogP contribution in [-0.4, -0.2) is 29.1 Å². The van der Waals surface area contributed by atoms with Crippen molar-refractivity contribution in [2.45, 2.75) is 40.7 Å². The molecule has 0 fully saturated rings. The number of carbonyl (C=O) groups is 1. The van der Waals surface area contributed by atoms with Crippen LogP contribution >= 0.6 is 12.6 Å². The Morgan fingerprint density at radius 2 is 1.93 bits per heavy atom. The van der Waals surface area contributed by atoms with Crippen LogP contribution in [0, 0.1) is 5.92 Å². The second-order valence-electron chi connectivity index (χ2n) is 4.14. The van der Waals surface area contributed by atoms with Gasteiger partial charge in [0.15, 0.2) is 0 Å². The van der Waals surface area contributed by atoms with Crippen molar-refractivity contribution in [2.75, 3.05) is 12.3 Å². The van der Waals surface area contributed by atoms with Gasteiger partial charge in [0, 0.05) is 12.6 Å². The average molecular weight is 229 g/mol. The molecule has 0 N–H and O–H groups in total. The lowest BCUT2D eigenvalue weighted by atomic mass is 10.0. The topological polar surface area (TPSA) is 20.3 Å². The predicted molar refractivity (Wildman–Crippen MR) is 69.3 cm³/mol. The number of thiol groups is 1. The third kappa shape index (κ3) is 4.74. The van der Waals surface area contributed by atoms with Crippen LogP contribution in [0.15, 0.2) is 11.6 Å². The van der Waals surface area contributed by atoms with Gasteiger partial charge in [-0.1, -0.05) is 25.5 Å². The zero-order valence-electron chi connectivity index (χ0n) is 10.4. The second kappa shape index (κ2) is 6.94. The maximum atomic E-state index is 11.6. The van der Waals surface area contributed by atoms with Gasteiger partial charge in [-0.3, -0.25) is 4.79 Å². The number of carbonyl (C=O) groups excluding carboxylic acids is 1. The largest absolute Gasteiger partial charge is 0.336 e. The van der Waals surface area contributed by atoms with E-state index in [4.69, 9.17) is 0 Å². The Hall–Kier alpha value is -0.440. The summed E-state index contributed by atoms with van der Waals surface area (Å²) >= 11 is 4.02. The highest BCUT2D eigenvalue weighted by molar-refractivity contribution is 7.81. The smallest absolute Gasteiger partial charge is 0.232 e. The van der Waals surface area contributed by atoms with Crippen LogP contribution < -0.4 is 0 Å². The van der Waals surface area contributed by atoms with E-state index < -0.39 is 0 Å². The summed E-state index contributed by atoms with van der Waals surface area (Å²) in [7, 11) is 0. The number of allylic oxidation sites excluding steroid dienone is 1. The minimum Gasteiger partial charge on any atom is -0.336 e. The van der Waals surface area contributed by atoms with Crippen molar-refractivity contribution in [1.82, 2.24) is 4.90 Å². The monoisotopic (exact) mass is 229 g/mol. The van der Waals surface area contributed by atoms with Crippen molar-refractivity contribution in [3.05, 3.63) is 11.6 Å². The molecule has 0 rings (SSSR count). The first-order chi connectivity index (χ1) is 6.93. The predicted octanol–water partition coefficient (Wildman–Crippen LogP) is 2.76. The first kappa shape index (κ1) is 14.6. The molecule has 0 radical (unpaired) electrons. The van der Waals surface area contributed by atoms with Gasteiger partial charge in [-0.2, -0.15) is 12.6 Å². The summed E-state index contributed by atoms with van der Waals surface area (Å²) in [4.78, 5) is 13.4. The van der Waals surface area contributed by atoms with Crippen LogP contribution in [0.4, 0.5) is 0 Å². The summed E-state index contributed by atoms with van der Waals surface area (Å²) in [5.74, 6) is 0.922. The molecule has 1 atom stereocenters. The molecule has 88 valence electrons.